The molecule has 4 rings (SSSR count). The van der Waals surface area contributed by atoms with E-state index < -0.39 is 6.36 Å². The van der Waals surface area contributed by atoms with Crippen molar-refractivity contribution in [2.75, 3.05) is 5.32 Å². The summed E-state index contributed by atoms with van der Waals surface area (Å²) in [6.45, 7) is 0.450. The summed E-state index contributed by atoms with van der Waals surface area (Å²) in [5.41, 5.74) is 2.96. The summed E-state index contributed by atoms with van der Waals surface area (Å²) in [6, 6.07) is 16.5. The number of aromatic nitrogens is 5. The molecule has 0 atom stereocenters. The number of nitrogens with zero attached hydrogens (tertiary/aromatic N) is 5. The van der Waals surface area contributed by atoms with Gasteiger partial charge in [-0.15, -0.1) is 23.4 Å². The minimum atomic E-state index is -4.73. The maximum absolute atomic E-state index is 12.3. The number of anilines is 2. The highest BCUT2D eigenvalue weighted by molar-refractivity contribution is 5.77. The van der Waals surface area contributed by atoms with Crippen molar-refractivity contribution < 1.29 is 17.9 Å². The molecular formula is C20H15F3N6O. The number of hydrogen-bond donors (Lipinski definition) is 1. The van der Waals surface area contributed by atoms with Crippen molar-refractivity contribution >= 4 is 11.4 Å². The highest BCUT2D eigenvalue weighted by atomic mass is 19.4. The number of halogens is 3. The number of pyridine rings is 1. The Kier molecular flexibility index (Phi) is 5.29. The van der Waals surface area contributed by atoms with Crippen molar-refractivity contribution in [3.05, 3.63) is 78.6 Å². The van der Waals surface area contributed by atoms with Crippen LogP contribution < -0.4 is 10.1 Å². The molecule has 7 nitrogen and oxygen atoms in total. The van der Waals surface area contributed by atoms with E-state index in [4.69, 9.17) is 0 Å². The van der Waals surface area contributed by atoms with Crippen LogP contribution in [0.3, 0.4) is 0 Å². The molecule has 2 heterocycles. The number of nitrogens with one attached hydrogen (secondary N) is 1. The molecule has 10 heteroatoms. The number of alkyl halides is 3. The molecule has 2 aromatic carbocycles. The average Bonchev–Trinajstić information content (AvgIpc) is 3.18. The van der Waals surface area contributed by atoms with Crippen LogP contribution in [0.4, 0.5) is 24.5 Å². The van der Waals surface area contributed by atoms with Crippen LogP contribution >= 0.6 is 0 Å². The van der Waals surface area contributed by atoms with Gasteiger partial charge in [0.1, 0.15) is 5.75 Å². The van der Waals surface area contributed by atoms with Crippen molar-refractivity contribution in [3.63, 3.8) is 0 Å². The van der Waals surface area contributed by atoms with Crippen molar-refractivity contribution in [1.82, 2.24) is 25.2 Å². The van der Waals surface area contributed by atoms with Gasteiger partial charge >= 0.3 is 6.36 Å². The fourth-order valence-electron chi connectivity index (χ4n) is 2.75. The molecule has 152 valence electrons. The Balaban J connectivity index is 1.52. The molecule has 0 saturated carbocycles. The highest BCUT2D eigenvalue weighted by Crippen LogP contribution is 2.29. The van der Waals surface area contributed by atoms with E-state index in [1.165, 1.54) is 29.1 Å². The smallest absolute Gasteiger partial charge is 0.406 e. The first-order chi connectivity index (χ1) is 14.5. The van der Waals surface area contributed by atoms with Gasteiger partial charge < -0.3 is 10.1 Å². The van der Waals surface area contributed by atoms with Gasteiger partial charge in [0, 0.05) is 29.3 Å². The third kappa shape index (κ3) is 4.90. The van der Waals surface area contributed by atoms with Crippen LogP contribution in [0.5, 0.6) is 5.75 Å². The average molecular weight is 412 g/mol. The van der Waals surface area contributed by atoms with Crippen molar-refractivity contribution in [2.45, 2.75) is 12.9 Å². The van der Waals surface area contributed by atoms with Crippen LogP contribution in [0.2, 0.25) is 0 Å². The molecule has 0 unspecified atom stereocenters. The molecule has 0 aliphatic rings. The highest BCUT2D eigenvalue weighted by Gasteiger charge is 2.30. The first kappa shape index (κ1) is 19.4. The lowest BCUT2D eigenvalue weighted by atomic mass is 10.1. The number of para-hydroxylation sites is 1. The molecule has 1 N–H and O–H groups in total. The van der Waals surface area contributed by atoms with Crippen molar-refractivity contribution in [2.24, 2.45) is 0 Å². The summed E-state index contributed by atoms with van der Waals surface area (Å²) in [5, 5.41) is 15.8. The molecule has 30 heavy (non-hydrogen) atoms. The summed E-state index contributed by atoms with van der Waals surface area (Å²) in [5.74, 6) is 0.131. The summed E-state index contributed by atoms with van der Waals surface area (Å²) in [4.78, 5) is 5.45. The summed E-state index contributed by atoms with van der Waals surface area (Å²) >= 11 is 0. The first-order valence-electron chi connectivity index (χ1n) is 8.85. The third-order valence-corrected chi connectivity index (χ3v) is 4.06. The van der Waals surface area contributed by atoms with E-state index in [0.717, 1.165) is 5.56 Å². The van der Waals surface area contributed by atoms with Gasteiger partial charge in [-0.25, -0.2) is 0 Å². The molecule has 4 aromatic rings. The number of ether oxygens (including phenoxy) is 1. The lowest BCUT2D eigenvalue weighted by Gasteiger charge is -2.12. The van der Waals surface area contributed by atoms with Crippen molar-refractivity contribution in [3.8, 4) is 17.1 Å². The number of tetrazole rings is 1. The molecule has 0 amide bonds. The SMILES string of the molecule is FC(F)(F)Oc1ccc(Nc2ccccc2-c2nnn(Cc3ccncc3)n2)cc1. The summed E-state index contributed by atoms with van der Waals surface area (Å²) < 4.78 is 40.8. The predicted molar refractivity (Wildman–Crippen MR) is 103 cm³/mol. The molecule has 2 aromatic heterocycles. The van der Waals surface area contributed by atoms with E-state index >= 15 is 0 Å². The minimum Gasteiger partial charge on any atom is -0.406 e. The lowest BCUT2D eigenvalue weighted by Crippen LogP contribution is -2.16. The maximum atomic E-state index is 12.3. The second-order valence-electron chi connectivity index (χ2n) is 6.24. The van der Waals surface area contributed by atoms with Crippen LogP contribution in [0.25, 0.3) is 11.4 Å². The largest absolute Gasteiger partial charge is 0.573 e. The zero-order chi connectivity index (χ0) is 21.0. The van der Waals surface area contributed by atoms with Crippen LogP contribution in [0.1, 0.15) is 5.56 Å². The van der Waals surface area contributed by atoms with Gasteiger partial charge in [-0.2, -0.15) is 4.80 Å². The Morgan fingerprint density at radius 2 is 1.67 bits per heavy atom. The van der Waals surface area contributed by atoms with Gasteiger partial charge in [-0.3, -0.25) is 4.98 Å². The zero-order valence-electron chi connectivity index (χ0n) is 15.4. The van der Waals surface area contributed by atoms with E-state index in [-0.39, 0.29) is 5.75 Å². The quantitative estimate of drug-likeness (QED) is 0.505. The van der Waals surface area contributed by atoms with Gasteiger partial charge in [0.05, 0.1) is 6.54 Å². The molecule has 0 radical (unpaired) electrons. The first-order valence-corrected chi connectivity index (χ1v) is 8.85. The van der Waals surface area contributed by atoms with Crippen LogP contribution in [-0.2, 0) is 6.54 Å². The minimum absolute atomic E-state index is 0.290. The monoisotopic (exact) mass is 412 g/mol. The van der Waals surface area contributed by atoms with E-state index in [9.17, 15) is 13.2 Å². The van der Waals surface area contributed by atoms with E-state index in [0.29, 0.717) is 29.3 Å². The molecule has 0 aliphatic heterocycles. The maximum Gasteiger partial charge on any atom is 0.573 e. The number of hydrogen-bond acceptors (Lipinski definition) is 6. The molecule has 0 aliphatic carbocycles. The predicted octanol–water partition coefficient (Wildman–Crippen LogP) is 4.43. The fraction of sp³-hybridized carbons (Fsp3) is 0.100. The van der Waals surface area contributed by atoms with Crippen LogP contribution in [-0.4, -0.2) is 31.6 Å². The third-order valence-electron chi connectivity index (χ3n) is 4.06. The molecule has 0 spiro atoms. The van der Waals surface area contributed by atoms with Crippen LogP contribution in [0.15, 0.2) is 73.1 Å². The Morgan fingerprint density at radius 3 is 2.40 bits per heavy atom. The Bertz CT molecular complexity index is 1110. The van der Waals surface area contributed by atoms with Gasteiger partial charge in [0.25, 0.3) is 0 Å². The van der Waals surface area contributed by atoms with E-state index in [2.05, 4.69) is 30.4 Å². The fourth-order valence-corrected chi connectivity index (χ4v) is 2.75. The van der Waals surface area contributed by atoms with E-state index in [1.807, 2.05) is 36.4 Å². The second kappa shape index (κ2) is 8.19. The molecule has 0 bridgehead atoms. The van der Waals surface area contributed by atoms with Gasteiger partial charge in [0.15, 0.2) is 0 Å². The van der Waals surface area contributed by atoms with Crippen LogP contribution in [0, 0.1) is 0 Å². The normalized spacial score (nSPS) is 11.3. The standard InChI is InChI=1S/C20H15F3N6O/c21-20(22,23)30-16-7-5-15(6-8-16)25-18-4-2-1-3-17(18)19-26-28-29(27-19)13-14-9-11-24-12-10-14/h1-12,25H,13H2. The molecular weight excluding hydrogens is 397 g/mol. The Labute approximate surface area is 169 Å². The van der Waals surface area contributed by atoms with Gasteiger partial charge in [-0.05, 0) is 59.3 Å². The Hall–Kier alpha value is -3.95. The molecule has 0 fully saturated rings. The number of rotatable bonds is 6. The lowest BCUT2D eigenvalue weighted by molar-refractivity contribution is -0.274. The molecule has 0 saturated heterocycles. The summed E-state index contributed by atoms with van der Waals surface area (Å²) in [6.07, 6.45) is -1.34. The number of benzene rings is 2. The Morgan fingerprint density at radius 1 is 0.933 bits per heavy atom. The topological polar surface area (TPSA) is 77.8 Å². The van der Waals surface area contributed by atoms with Gasteiger partial charge in [-0.1, -0.05) is 12.1 Å². The zero-order valence-corrected chi connectivity index (χ0v) is 15.4. The van der Waals surface area contributed by atoms with Gasteiger partial charge in [0.2, 0.25) is 5.82 Å². The van der Waals surface area contributed by atoms with Crippen molar-refractivity contribution in [1.29, 1.82) is 0 Å². The van der Waals surface area contributed by atoms with E-state index in [1.54, 1.807) is 12.4 Å². The second-order valence-corrected chi connectivity index (χ2v) is 6.24. The summed E-state index contributed by atoms with van der Waals surface area (Å²) in [7, 11) is 0.